The van der Waals surface area contributed by atoms with E-state index in [0.717, 1.165) is 84.0 Å². The number of carbonyl (C=O) groups excluding carboxylic acids is 5. The maximum absolute atomic E-state index is 12.0. The van der Waals surface area contributed by atoms with Gasteiger partial charge in [-0.15, -0.1) is 39.3 Å². The van der Waals surface area contributed by atoms with Gasteiger partial charge in [-0.1, -0.05) is 91.0 Å². The van der Waals surface area contributed by atoms with Crippen LogP contribution in [-0.4, -0.2) is 162 Å². The van der Waals surface area contributed by atoms with Crippen LogP contribution in [0.15, 0.2) is 132 Å². The second-order valence-electron chi connectivity index (χ2n) is 21.5. The van der Waals surface area contributed by atoms with Crippen LogP contribution in [-0.2, 0) is 40.6 Å². The SMILES string of the molecule is I.O=C(Nc1nc2cccc(-c3ccc(CN4CCS(=O)(=O)CC4)cc3)n2n1)C1CC1.O=C(Nc1nc2cccc(Br)n2n1)C1CC1.O=Cc1ccc(-c2cccc3nc(NC(=O)C4CC4)nn23)cc1.O=Cc1ccc(B(O)O)cc1.O=S1(=O)CCNCC1. The Bertz CT molecular complexity index is 4200. The number of hydrogen-bond donors (Lipinski definition) is 6. The summed E-state index contributed by atoms with van der Waals surface area (Å²) >= 11 is 3.37. The summed E-state index contributed by atoms with van der Waals surface area (Å²) in [5.41, 5.74) is 8.37. The summed E-state index contributed by atoms with van der Waals surface area (Å²) in [6.45, 7) is 3.15. The van der Waals surface area contributed by atoms with E-state index in [1.54, 1.807) is 25.7 Å². The van der Waals surface area contributed by atoms with Crippen molar-refractivity contribution in [2.24, 2.45) is 17.8 Å². The van der Waals surface area contributed by atoms with E-state index in [4.69, 9.17) is 10.0 Å². The lowest BCUT2D eigenvalue weighted by atomic mass is 9.80. The molecule has 25 nitrogen and oxygen atoms in total. The molecule has 464 valence electrons. The summed E-state index contributed by atoms with van der Waals surface area (Å²) in [7, 11) is -6.97. The lowest BCUT2D eigenvalue weighted by Gasteiger charge is -2.26. The van der Waals surface area contributed by atoms with E-state index in [1.807, 2.05) is 78.9 Å². The van der Waals surface area contributed by atoms with Crippen LogP contribution in [0.4, 0.5) is 17.8 Å². The molecular weight excluding hydrogens is 1360 g/mol. The van der Waals surface area contributed by atoms with Gasteiger partial charge in [0.25, 0.3) is 0 Å². The first kappa shape index (κ1) is 65.7. The molecule has 0 radical (unpaired) electrons. The first-order chi connectivity index (χ1) is 42.4. The predicted octanol–water partition coefficient (Wildman–Crippen LogP) is 5.17. The van der Waals surface area contributed by atoms with Crippen LogP contribution >= 0.6 is 39.9 Å². The third-order valence-electron chi connectivity index (χ3n) is 14.6. The van der Waals surface area contributed by atoms with Crippen LogP contribution in [0.3, 0.4) is 0 Å². The van der Waals surface area contributed by atoms with Crippen LogP contribution in [0.5, 0.6) is 0 Å². The molecule has 0 unspecified atom stereocenters. The van der Waals surface area contributed by atoms with Crippen LogP contribution in [0.25, 0.3) is 39.5 Å². The number of anilines is 3. The molecule has 3 aliphatic carbocycles. The quantitative estimate of drug-likeness (QED) is 0.0375. The molecule has 0 spiro atoms. The highest BCUT2D eigenvalue weighted by atomic mass is 127. The van der Waals surface area contributed by atoms with Crippen LogP contribution in [0.1, 0.15) is 64.8 Å². The van der Waals surface area contributed by atoms with Gasteiger partial charge in [0.05, 0.1) is 34.4 Å². The largest absolute Gasteiger partial charge is 0.488 e. The topological polar surface area (TPSA) is 336 Å². The summed E-state index contributed by atoms with van der Waals surface area (Å²) in [6, 6.07) is 38.5. The Morgan fingerprint density at radius 2 is 0.921 bits per heavy atom. The van der Waals surface area contributed by atoms with E-state index in [9.17, 15) is 40.8 Å². The van der Waals surface area contributed by atoms with Crippen molar-refractivity contribution in [3.05, 3.63) is 149 Å². The van der Waals surface area contributed by atoms with E-state index < -0.39 is 26.8 Å². The Hall–Kier alpha value is -7.72. The number of hydrogen-bond acceptors (Lipinski definition) is 19. The van der Waals surface area contributed by atoms with E-state index in [2.05, 4.69) is 84.5 Å². The number of carbonyl (C=O) groups is 5. The van der Waals surface area contributed by atoms with Crippen molar-refractivity contribution in [3.8, 4) is 22.5 Å². The molecule has 5 fully saturated rings. The van der Waals surface area contributed by atoms with Gasteiger partial charge < -0.3 is 15.4 Å². The Balaban J connectivity index is 0.000000141. The van der Waals surface area contributed by atoms with E-state index in [0.29, 0.717) is 95.3 Å². The highest BCUT2D eigenvalue weighted by molar-refractivity contribution is 14.0. The van der Waals surface area contributed by atoms with E-state index in [-0.39, 0.29) is 71.0 Å². The second-order valence-corrected chi connectivity index (χ2v) is 26.9. The number of sulfone groups is 2. The lowest BCUT2D eigenvalue weighted by molar-refractivity contribution is -0.118. The average Bonchev–Trinajstić information content (AvgIpc) is 3.78. The Kier molecular flexibility index (Phi) is 22.0. The number of rotatable bonds is 13. The molecule has 30 heteroatoms. The summed E-state index contributed by atoms with van der Waals surface area (Å²) in [5.74, 6) is 2.47. The molecule has 2 saturated heterocycles. The van der Waals surface area contributed by atoms with Crippen LogP contribution < -0.4 is 26.7 Å². The molecule has 6 aromatic heterocycles. The molecule has 89 heavy (non-hydrogen) atoms. The van der Waals surface area contributed by atoms with Crippen molar-refractivity contribution >= 4 is 137 Å². The van der Waals surface area contributed by atoms with E-state index >= 15 is 0 Å². The molecule has 8 heterocycles. The van der Waals surface area contributed by atoms with Crippen molar-refractivity contribution in [1.82, 2.24) is 54.0 Å². The molecule has 0 atom stereocenters. The number of fused-ring (bicyclic) bond motifs is 3. The summed E-state index contributed by atoms with van der Waals surface area (Å²) in [5, 5.41) is 41.6. The van der Waals surface area contributed by atoms with Crippen molar-refractivity contribution < 1.29 is 50.9 Å². The smallest absolute Gasteiger partial charge is 0.423 e. The predicted molar refractivity (Wildman–Crippen MR) is 350 cm³/mol. The third-order valence-corrected chi connectivity index (χ3v) is 18.4. The van der Waals surface area contributed by atoms with Gasteiger partial charge >= 0.3 is 7.12 Å². The fourth-order valence-corrected chi connectivity index (χ4v) is 11.9. The van der Waals surface area contributed by atoms with E-state index in [1.165, 1.54) is 24.3 Å². The highest BCUT2D eigenvalue weighted by Gasteiger charge is 2.32. The lowest BCUT2D eigenvalue weighted by Crippen LogP contribution is -2.39. The second kappa shape index (κ2) is 29.7. The molecule has 3 amide bonds. The molecule has 14 rings (SSSR count). The third kappa shape index (κ3) is 18.5. The van der Waals surface area contributed by atoms with Gasteiger partial charge in [0.15, 0.2) is 36.6 Å². The van der Waals surface area contributed by atoms with Gasteiger partial charge in [0.2, 0.25) is 35.6 Å². The Labute approximate surface area is 537 Å². The average molecular weight is 1430 g/mol. The van der Waals surface area contributed by atoms with Crippen molar-refractivity contribution in [2.45, 2.75) is 45.1 Å². The van der Waals surface area contributed by atoms with Crippen molar-refractivity contribution in [3.63, 3.8) is 0 Å². The fraction of sp³-hybridized carbons (Fsp3) is 0.305. The molecule has 0 bridgehead atoms. The fourth-order valence-electron chi connectivity index (χ4n) is 9.06. The number of halogens is 2. The first-order valence-electron chi connectivity index (χ1n) is 28.5. The normalized spacial score (nSPS) is 16.4. The standard InChI is InChI=1S/C21H23N5O3S.C17H14N4O2.C10H9BrN4O.C7H7BO3.C4H9NO2S.HI/c27-20(17-8-9-17)23-21-22-19-3-1-2-18(26(19)24-21)16-6-4-15(5-7-16)14-25-10-12-30(28,29)13-11-25;22-10-11-4-6-12(7-5-11)14-2-1-3-15-18-17(20-21(14)15)19-16(23)13-8-9-13;11-7-2-1-3-8-12-10(14-15(7)8)13-9(16)6-4-5-6;9-5-6-1-3-7(4-2-6)8(10)11;6-8(7)3-1-5-2-4-8;/h1-7,17H,8-14H2,(H,23,24,27);1-7,10,13H,8-9H2,(H,19,20,23);1-3,6H,4-5H2,(H,13,14,16);1-5,10-11H;5H,1-4H2;1H. The van der Waals surface area contributed by atoms with Gasteiger partial charge in [-0.05, 0) is 102 Å². The van der Waals surface area contributed by atoms with Crippen molar-refractivity contribution in [1.29, 1.82) is 0 Å². The maximum atomic E-state index is 12.0. The van der Waals surface area contributed by atoms with Gasteiger partial charge in [0.1, 0.15) is 17.2 Å². The Morgan fingerprint density at radius 3 is 1.30 bits per heavy atom. The maximum Gasteiger partial charge on any atom is 0.488 e. The molecule has 3 aromatic carbocycles. The van der Waals surface area contributed by atoms with Gasteiger partial charge in [-0.3, -0.25) is 44.8 Å². The number of aromatic nitrogens is 9. The van der Waals surface area contributed by atoms with Crippen molar-refractivity contribution in [2.75, 3.05) is 65.1 Å². The summed E-state index contributed by atoms with van der Waals surface area (Å²) in [4.78, 5) is 71.5. The number of nitrogens with one attached hydrogen (secondary N) is 4. The minimum atomic E-state index is -2.86. The zero-order chi connectivity index (χ0) is 62.0. The Morgan fingerprint density at radius 1 is 0.539 bits per heavy atom. The number of aldehydes is 2. The molecule has 2 aliphatic heterocycles. The first-order valence-corrected chi connectivity index (χ1v) is 32.9. The molecule has 6 N–H and O–H groups in total. The summed E-state index contributed by atoms with van der Waals surface area (Å²) in [6.07, 6.45) is 7.21. The number of benzene rings is 3. The highest BCUT2D eigenvalue weighted by Crippen LogP contribution is 2.32. The zero-order valence-corrected chi connectivity index (χ0v) is 53.4. The minimum absolute atomic E-state index is 0. The monoisotopic (exact) mass is 1420 g/mol. The zero-order valence-electron chi connectivity index (χ0n) is 47.8. The molecule has 9 aromatic rings. The number of amides is 3. The van der Waals surface area contributed by atoms with Gasteiger partial charge in [0, 0.05) is 72.7 Å². The molecular formula is C59H63BBrIN14O11S2. The minimum Gasteiger partial charge on any atom is -0.423 e. The van der Waals surface area contributed by atoms with Crippen LogP contribution in [0.2, 0.25) is 0 Å². The number of pyridine rings is 3. The van der Waals surface area contributed by atoms with Gasteiger partial charge in [-0.25, -0.2) is 30.4 Å². The number of nitrogens with zero attached hydrogens (tertiary/aromatic N) is 10. The molecule has 5 aliphatic rings. The van der Waals surface area contributed by atoms with Crippen LogP contribution in [0, 0.1) is 17.8 Å². The summed E-state index contributed by atoms with van der Waals surface area (Å²) < 4.78 is 50.3. The molecule has 3 saturated carbocycles. The van der Waals surface area contributed by atoms with Gasteiger partial charge in [-0.2, -0.15) is 15.0 Å².